The highest BCUT2D eigenvalue weighted by Gasteiger charge is 2.17. The van der Waals surface area contributed by atoms with Gasteiger partial charge in [0.1, 0.15) is 5.58 Å². The van der Waals surface area contributed by atoms with E-state index in [-0.39, 0.29) is 17.9 Å². The van der Waals surface area contributed by atoms with Crippen LogP contribution in [0.15, 0.2) is 63.8 Å². The molecule has 0 aliphatic rings. The highest BCUT2D eigenvalue weighted by molar-refractivity contribution is 5.97. The van der Waals surface area contributed by atoms with Gasteiger partial charge >= 0.3 is 5.63 Å². The molecule has 1 N–H and O–H groups in total. The van der Waals surface area contributed by atoms with Gasteiger partial charge in [0.05, 0.1) is 17.6 Å². The van der Waals surface area contributed by atoms with Gasteiger partial charge in [0.25, 0.3) is 5.91 Å². The van der Waals surface area contributed by atoms with E-state index in [1.807, 2.05) is 26.0 Å². The van der Waals surface area contributed by atoms with Gasteiger partial charge in [0.15, 0.2) is 0 Å². The van der Waals surface area contributed by atoms with E-state index in [4.69, 9.17) is 4.42 Å². The molecular formula is C22H20NO5-. The minimum atomic E-state index is -1.33. The Hall–Kier alpha value is -3.41. The highest BCUT2D eigenvalue weighted by Crippen LogP contribution is 2.22. The molecule has 3 aromatic rings. The van der Waals surface area contributed by atoms with Crippen molar-refractivity contribution in [1.82, 2.24) is 5.32 Å². The number of hydrogen-bond donors (Lipinski definition) is 1. The Morgan fingerprint density at radius 1 is 1.07 bits per heavy atom. The van der Waals surface area contributed by atoms with Crippen LogP contribution in [0, 0.1) is 5.92 Å². The molecule has 6 nitrogen and oxygen atoms in total. The Labute approximate surface area is 161 Å². The molecule has 1 aromatic heterocycles. The molecule has 1 atom stereocenters. The third-order valence-electron chi connectivity index (χ3n) is 4.37. The number of para-hydroxylation sites is 1. The molecule has 0 fully saturated rings. The molecule has 0 saturated heterocycles. The maximum atomic E-state index is 12.5. The second-order valence-electron chi connectivity index (χ2n) is 7.04. The molecule has 1 amide bonds. The summed E-state index contributed by atoms with van der Waals surface area (Å²) in [6.07, 6.45) is 0.266. The third-order valence-corrected chi connectivity index (χ3v) is 4.37. The van der Waals surface area contributed by atoms with Gasteiger partial charge in [-0.2, -0.15) is 0 Å². The zero-order valence-corrected chi connectivity index (χ0v) is 15.6. The van der Waals surface area contributed by atoms with E-state index in [0.717, 1.165) is 5.39 Å². The van der Waals surface area contributed by atoms with Crippen LogP contribution in [0.25, 0.3) is 22.1 Å². The summed E-state index contributed by atoms with van der Waals surface area (Å²) in [7, 11) is 0. The van der Waals surface area contributed by atoms with Crippen LogP contribution in [0.3, 0.4) is 0 Å². The molecule has 0 saturated carbocycles. The van der Waals surface area contributed by atoms with Gasteiger partial charge in [-0.15, -0.1) is 0 Å². The van der Waals surface area contributed by atoms with Crippen LogP contribution < -0.4 is 16.0 Å². The summed E-state index contributed by atoms with van der Waals surface area (Å²) in [5.74, 6) is -1.79. The van der Waals surface area contributed by atoms with Crippen molar-refractivity contribution in [1.29, 1.82) is 0 Å². The van der Waals surface area contributed by atoms with Crippen LogP contribution in [-0.2, 0) is 4.79 Å². The minimum Gasteiger partial charge on any atom is -0.548 e. The second kappa shape index (κ2) is 8.08. The second-order valence-corrected chi connectivity index (χ2v) is 7.04. The quantitative estimate of drug-likeness (QED) is 0.664. The normalized spacial score (nSPS) is 12.1. The predicted molar refractivity (Wildman–Crippen MR) is 104 cm³/mol. The Morgan fingerprint density at radius 2 is 1.82 bits per heavy atom. The fraction of sp³-hybridized carbons (Fsp3) is 0.227. The lowest BCUT2D eigenvalue weighted by Crippen LogP contribution is -2.48. The number of carbonyl (C=O) groups excluding carboxylic acids is 2. The largest absolute Gasteiger partial charge is 0.548 e. The van der Waals surface area contributed by atoms with Crippen LogP contribution >= 0.6 is 0 Å². The van der Waals surface area contributed by atoms with Crippen molar-refractivity contribution in [3.8, 4) is 11.1 Å². The minimum absolute atomic E-state index is 0.0803. The number of nitrogens with one attached hydrogen (secondary N) is 1. The molecule has 0 aliphatic heterocycles. The van der Waals surface area contributed by atoms with Gasteiger partial charge in [-0.1, -0.05) is 44.2 Å². The monoisotopic (exact) mass is 378 g/mol. The van der Waals surface area contributed by atoms with Gasteiger partial charge in [-0.3, -0.25) is 4.79 Å². The van der Waals surface area contributed by atoms with Crippen molar-refractivity contribution in [2.75, 3.05) is 0 Å². The molecule has 0 bridgehead atoms. The Morgan fingerprint density at radius 3 is 2.54 bits per heavy atom. The maximum absolute atomic E-state index is 12.5. The lowest BCUT2D eigenvalue weighted by atomic mass is 10.0. The van der Waals surface area contributed by atoms with Gasteiger partial charge in [0, 0.05) is 10.9 Å². The Kier molecular flexibility index (Phi) is 5.59. The molecule has 0 unspecified atom stereocenters. The average molecular weight is 378 g/mol. The third kappa shape index (κ3) is 4.28. The molecule has 3 rings (SSSR count). The first-order chi connectivity index (χ1) is 13.3. The fourth-order valence-corrected chi connectivity index (χ4v) is 3.02. The number of hydrogen-bond acceptors (Lipinski definition) is 5. The van der Waals surface area contributed by atoms with E-state index in [9.17, 15) is 19.5 Å². The van der Waals surface area contributed by atoms with Crippen LogP contribution in [0.2, 0.25) is 0 Å². The lowest BCUT2D eigenvalue weighted by Gasteiger charge is -2.21. The molecule has 0 aliphatic carbocycles. The van der Waals surface area contributed by atoms with E-state index in [1.165, 1.54) is 6.07 Å². The van der Waals surface area contributed by atoms with E-state index in [0.29, 0.717) is 16.7 Å². The van der Waals surface area contributed by atoms with Gasteiger partial charge < -0.3 is 19.6 Å². The summed E-state index contributed by atoms with van der Waals surface area (Å²) in [5, 5.41) is 14.5. The first-order valence-corrected chi connectivity index (χ1v) is 9.00. The van der Waals surface area contributed by atoms with Crippen molar-refractivity contribution < 1.29 is 19.1 Å². The first kappa shape index (κ1) is 19.4. The van der Waals surface area contributed by atoms with E-state index < -0.39 is 23.5 Å². The maximum Gasteiger partial charge on any atom is 0.344 e. The zero-order chi connectivity index (χ0) is 20.3. The topological polar surface area (TPSA) is 99.4 Å². The molecule has 1 heterocycles. The molecule has 6 heteroatoms. The van der Waals surface area contributed by atoms with E-state index in [1.54, 1.807) is 36.4 Å². The van der Waals surface area contributed by atoms with Gasteiger partial charge in [-0.05, 0) is 42.2 Å². The summed E-state index contributed by atoms with van der Waals surface area (Å²) >= 11 is 0. The molecule has 144 valence electrons. The molecule has 0 spiro atoms. The standard InChI is InChI=1S/C22H21NO5/c1-13(2)10-18(21(25)26)23-20(24)16-8-5-7-14(11-16)17-12-15-6-3-4-9-19(15)28-22(17)27/h3-9,11-13,18H,10H2,1-2H3,(H,23,24)(H,25,26)/p-1/t18-/m0/s1. The van der Waals surface area contributed by atoms with Crippen molar-refractivity contribution >= 4 is 22.8 Å². The van der Waals surface area contributed by atoms with Crippen LogP contribution in [0.4, 0.5) is 0 Å². The summed E-state index contributed by atoms with van der Waals surface area (Å²) in [5.41, 5.74) is 1.06. The SMILES string of the molecule is CC(C)C[C@H](NC(=O)c1cccc(-c2cc3ccccc3oc2=O)c1)C(=O)[O-]. The van der Waals surface area contributed by atoms with Crippen molar-refractivity contribution in [3.63, 3.8) is 0 Å². The van der Waals surface area contributed by atoms with Crippen LogP contribution in [-0.4, -0.2) is 17.9 Å². The van der Waals surface area contributed by atoms with Gasteiger partial charge in [-0.25, -0.2) is 4.79 Å². The summed E-state index contributed by atoms with van der Waals surface area (Å²) in [4.78, 5) is 36.1. The summed E-state index contributed by atoms with van der Waals surface area (Å²) < 4.78 is 5.35. The summed E-state index contributed by atoms with van der Waals surface area (Å²) in [6.45, 7) is 3.73. The fourth-order valence-electron chi connectivity index (χ4n) is 3.02. The number of amides is 1. The number of rotatable bonds is 6. The first-order valence-electron chi connectivity index (χ1n) is 9.00. The van der Waals surface area contributed by atoms with Crippen molar-refractivity contribution in [2.45, 2.75) is 26.3 Å². The number of aliphatic carboxylic acids is 1. The number of carboxylic acids is 1. The van der Waals surface area contributed by atoms with Crippen molar-refractivity contribution in [3.05, 3.63) is 70.6 Å². The van der Waals surface area contributed by atoms with E-state index >= 15 is 0 Å². The van der Waals surface area contributed by atoms with Crippen LogP contribution in [0.1, 0.15) is 30.6 Å². The van der Waals surface area contributed by atoms with Crippen LogP contribution in [0.5, 0.6) is 0 Å². The Bertz CT molecular complexity index is 1080. The van der Waals surface area contributed by atoms with Crippen molar-refractivity contribution in [2.24, 2.45) is 5.92 Å². The number of carbonyl (C=O) groups is 2. The molecule has 28 heavy (non-hydrogen) atoms. The van der Waals surface area contributed by atoms with Gasteiger partial charge in [0.2, 0.25) is 0 Å². The molecular weight excluding hydrogens is 358 g/mol. The average Bonchev–Trinajstić information content (AvgIpc) is 2.66. The van der Waals surface area contributed by atoms with E-state index in [2.05, 4.69) is 5.32 Å². The molecule has 2 aromatic carbocycles. The number of carboxylic acid groups (broad SMARTS) is 1. The Balaban J connectivity index is 1.92. The smallest absolute Gasteiger partial charge is 0.344 e. The lowest BCUT2D eigenvalue weighted by molar-refractivity contribution is -0.308. The highest BCUT2D eigenvalue weighted by atomic mass is 16.4. The summed E-state index contributed by atoms with van der Waals surface area (Å²) in [6, 6.07) is 14.2. The molecule has 0 radical (unpaired) electrons. The predicted octanol–water partition coefficient (Wildman–Crippen LogP) is 2.35. The number of benzene rings is 2. The number of fused-ring (bicyclic) bond motifs is 1. The zero-order valence-electron chi connectivity index (χ0n) is 15.6.